The number of hydrogen-bond acceptors (Lipinski definition) is 3. The Morgan fingerprint density at radius 3 is 2.11 bits per heavy atom. The summed E-state index contributed by atoms with van der Waals surface area (Å²) >= 11 is 5.89. The van der Waals surface area contributed by atoms with E-state index in [2.05, 4.69) is 10.6 Å². The van der Waals surface area contributed by atoms with Gasteiger partial charge in [0.2, 0.25) is 11.8 Å². The van der Waals surface area contributed by atoms with Crippen LogP contribution in [0.4, 0.5) is 5.69 Å². The lowest BCUT2D eigenvalue weighted by Gasteiger charge is -2.20. The summed E-state index contributed by atoms with van der Waals surface area (Å²) < 4.78 is 0. The second-order valence-corrected chi connectivity index (χ2v) is 7.77. The molecule has 2 aromatic carbocycles. The average Bonchev–Trinajstić information content (AvgIpc) is 2.58. The van der Waals surface area contributed by atoms with Crippen LogP contribution in [-0.4, -0.2) is 36.9 Å². The molecule has 0 bridgehead atoms. The highest BCUT2D eigenvalue weighted by Crippen LogP contribution is 2.21. The van der Waals surface area contributed by atoms with Crippen LogP contribution in [-0.2, 0) is 9.59 Å². The summed E-state index contributed by atoms with van der Waals surface area (Å²) in [4.78, 5) is 26.3. The molecule has 6 heteroatoms. The summed E-state index contributed by atoms with van der Waals surface area (Å²) in [5.74, 6) is -0.281. The molecule has 1 atom stereocenters. The molecular weight excluding hydrogens is 374 g/mol. The zero-order chi connectivity index (χ0) is 20.8. The molecule has 0 fully saturated rings. The van der Waals surface area contributed by atoms with E-state index >= 15 is 0 Å². The van der Waals surface area contributed by atoms with Crippen molar-refractivity contribution >= 4 is 29.1 Å². The quantitative estimate of drug-likeness (QED) is 0.736. The van der Waals surface area contributed by atoms with Crippen LogP contribution in [0, 0.1) is 20.8 Å². The standard InChI is InChI=1S/C22H28ClN3O2/c1-14-10-15(2)22(16(3)11-14)25-21(28)13-26(5)12-20(27)24-17(4)18-6-8-19(23)9-7-18/h6-11,17H,12-13H2,1-5H3,(H,24,27)(H,25,28)/t17-/m1/s1. The first kappa shape index (κ1) is 21.9. The molecule has 0 saturated carbocycles. The van der Waals surface area contributed by atoms with Gasteiger partial charge in [-0.15, -0.1) is 0 Å². The number of carbonyl (C=O) groups is 2. The van der Waals surface area contributed by atoms with Crippen molar-refractivity contribution in [1.29, 1.82) is 0 Å². The lowest BCUT2D eigenvalue weighted by atomic mass is 10.1. The summed E-state index contributed by atoms with van der Waals surface area (Å²) in [5, 5.41) is 6.55. The van der Waals surface area contributed by atoms with Gasteiger partial charge in [-0.05, 0) is 63.6 Å². The molecule has 0 aromatic heterocycles. The first-order valence-corrected chi connectivity index (χ1v) is 9.64. The fourth-order valence-corrected chi connectivity index (χ4v) is 3.35. The third kappa shape index (κ3) is 6.36. The number of hydrogen-bond donors (Lipinski definition) is 2. The molecule has 0 heterocycles. The van der Waals surface area contributed by atoms with E-state index in [1.807, 2.05) is 52.0 Å². The Balaban J connectivity index is 1.85. The molecule has 5 nitrogen and oxygen atoms in total. The third-order valence-corrected chi connectivity index (χ3v) is 4.77. The van der Waals surface area contributed by atoms with Crippen molar-refractivity contribution in [2.75, 3.05) is 25.5 Å². The van der Waals surface area contributed by atoms with Crippen molar-refractivity contribution in [2.45, 2.75) is 33.7 Å². The Hall–Kier alpha value is -2.37. The van der Waals surface area contributed by atoms with Crippen LogP contribution in [0.25, 0.3) is 0 Å². The minimum absolute atomic E-state index is 0.134. The maximum Gasteiger partial charge on any atom is 0.238 e. The van der Waals surface area contributed by atoms with E-state index in [0.717, 1.165) is 27.9 Å². The highest BCUT2D eigenvalue weighted by Gasteiger charge is 2.15. The minimum Gasteiger partial charge on any atom is -0.348 e. The summed E-state index contributed by atoms with van der Waals surface area (Å²) in [5.41, 5.74) is 5.04. The molecule has 0 saturated heterocycles. The highest BCUT2D eigenvalue weighted by atomic mass is 35.5. The predicted octanol–water partition coefficient (Wildman–Crippen LogP) is 4.01. The topological polar surface area (TPSA) is 61.4 Å². The Labute approximate surface area is 172 Å². The molecule has 0 radical (unpaired) electrons. The Kier molecular flexibility index (Phi) is 7.61. The van der Waals surface area contributed by atoms with Gasteiger partial charge in [-0.1, -0.05) is 41.4 Å². The van der Waals surface area contributed by atoms with E-state index in [1.54, 1.807) is 24.1 Å². The minimum atomic E-state index is -0.142. The van der Waals surface area contributed by atoms with Gasteiger partial charge < -0.3 is 10.6 Å². The summed E-state index contributed by atoms with van der Waals surface area (Å²) in [6, 6.07) is 11.3. The van der Waals surface area contributed by atoms with Crippen LogP contribution in [0.15, 0.2) is 36.4 Å². The predicted molar refractivity (Wildman–Crippen MR) is 115 cm³/mol. The summed E-state index contributed by atoms with van der Waals surface area (Å²) in [6.45, 7) is 8.17. The fourth-order valence-electron chi connectivity index (χ4n) is 3.22. The number of nitrogens with zero attached hydrogens (tertiary/aromatic N) is 1. The number of benzene rings is 2. The molecule has 150 valence electrons. The Bertz CT molecular complexity index is 826. The average molecular weight is 402 g/mol. The van der Waals surface area contributed by atoms with E-state index < -0.39 is 0 Å². The van der Waals surface area contributed by atoms with Crippen LogP contribution in [0.2, 0.25) is 5.02 Å². The van der Waals surface area contributed by atoms with Crippen LogP contribution in [0.1, 0.15) is 35.2 Å². The van der Waals surface area contributed by atoms with E-state index in [9.17, 15) is 9.59 Å². The third-order valence-electron chi connectivity index (χ3n) is 4.52. The van der Waals surface area contributed by atoms with Crippen LogP contribution >= 0.6 is 11.6 Å². The van der Waals surface area contributed by atoms with Crippen LogP contribution in [0.3, 0.4) is 0 Å². The molecule has 2 rings (SSSR count). The van der Waals surface area contributed by atoms with Gasteiger partial charge in [0.15, 0.2) is 0 Å². The molecule has 2 aromatic rings. The molecule has 0 aliphatic rings. The lowest BCUT2D eigenvalue weighted by Crippen LogP contribution is -2.39. The molecule has 0 aliphatic carbocycles. The Morgan fingerprint density at radius 2 is 1.54 bits per heavy atom. The van der Waals surface area contributed by atoms with Crippen molar-refractivity contribution in [3.05, 3.63) is 63.7 Å². The molecule has 0 unspecified atom stereocenters. The van der Waals surface area contributed by atoms with Crippen molar-refractivity contribution in [1.82, 2.24) is 10.2 Å². The largest absolute Gasteiger partial charge is 0.348 e. The number of rotatable bonds is 7. The van der Waals surface area contributed by atoms with Gasteiger partial charge in [-0.25, -0.2) is 0 Å². The number of amides is 2. The maximum absolute atomic E-state index is 12.4. The molecule has 28 heavy (non-hydrogen) atoms. The summed E-state index contributed by atoms with van der Waals surface area (Å²) in [6.07, 6.45) is 0. The summed E-state index contributed by atoms with van der Waals surface area (Å²) in [7, 11) is 1.75. The van der Waals surface area contributed by atoms with E-state index in [-0.39, 0.29) is 30.9 Å². The van der Waals surface area contributed by atoms with Crippen molar-refractivity contribution < 1.29 is 9.59 Å². The van der Waals surface area contributed by atoms with Gasteiger partial charge in [-0.2, -0.15) is 0 Å². The van der Waals surface area contributed by atoms with Crippen molar-refractivity contribution in [3.63, 3.8) is 0 Å². The number of anilines is 1. The van der Waals surface area contributed by atoms with Gasteiger partial charge >= 0.3 is 0 Å². The molecular formula is C22H28ClN3O2. The van der Waals surface area contributed by atoms with E-state index in [4.69, 9.17) is 11.6 Å². The SMILES string of the molecule is Cc1cc(C)c(NC(=O)CN(C)CC(=O)N[C@H](C)c2ccc(Cl)cc2)c(C)c1. The van der Waals surface area contributed by atoms with Gasteiger partial charge in [0.05, 0.1) is 19.1 Å². The van der Waals surface area contributed by atoms with E-state index in [1.165, 1.54) is 0 Å². The number of likely N-dealkylation sites (N-methyl/N-ethyl adjacent to an activating group) is 1. The molecule has 2 N–H and O–H groups in total. The maximum atomic E-state index is 12.4. The monoisotopic (exact) mass is 401 g/mol. The normalized spacial score (nSPS) is 12.0. The number of carbonyl (C=O) groups excluding carboxylic acids is 2. The molecule has 0 spiro atoms. The number of nitrogens with one attached hydrogen (secondary N) is 2. The molecule has 0 aliphatic heterocycles. The van der Waals surface area contributed by atoms with Crippen LogP contribution < -0.4 is 10.6 Å². The highest BCUT2D eigenvalue weighted by molar-refractivity contribution is 6.30. The number of aryl methyl sites for hydroxylation is 3. The first-order valence-electron chi connectivity index (χ1n) is 9.26. The fraction of sp³-hybridized carbons (Fsp3) is 0.364. The van der Waals surface area contributed by atoms with E-state index in [0.29, 0.717) is 5.02 Å². The lowest BCUT2D eigenvalue weighted by molar-refractivity contribution is -0.123. The molecule has 2 amide bonds. The zero-order valence-electron chi connectivity index (χ0n) is 17.1. The van der Waals surface area contributed by atoms with Crippen molar-refractivity contribution in [2.24, 2.45) is 0 Å². The first-order chi connectivity index (χ1) is 13.2. The van der Waals surface area contributed by atoms with Gasteiger partial charge in [-0.3, -0.25) is 14.5 Å². The zero-order valence-corrected chi connectivity index (χ0v) is 17.9. The van der Waals surface area contributed by atoms with Gasteiger partial charge in [0, 0.05) is 10.7 Å². The number of halogens is 1. The second-order valence-electron chi connectivity index (χ2n) is 7.33. The van der Waals surface area contributed by atoms with Gasteiger partial charge in [0.1, 0.15) is 0 Å². The van der Waals surface area contributed by atoms with Gasteiger partial charge in [0.25, 0.3) is 0 Å². The van der Waals surface area contributed by atoms with Crippen LogP contribution in [0.5, 0.6) is 0 Å². The van der Waals surface area contributed by atoms with Crippen molar-refractivity contribution in [3.8, 4) is 0 Å². The Morgan fingerprint density at radius 1 is 1.00 bits per heavy atom. The smallest absolute Gasteiger partial charge is 0.238 e. The second kappa shape index (κ2) is 9.71.